The molecule has 0 saturated carbocycles. The molecule has 0 fully saturated rings. The third-order valence-electron chi connectivity index (χ3n) is 2.32. The van der Waals surface area contributed by atoms with Crippen molar-refractivity contribution < 1.29 is 14.3 Å². The third-order valence-corrected chi connectivity index (χ3v) is 2.55. The van der Waals surface area contributed by atoms with E-state index < -0.39 is 5.91 Å². The van der Waals surface area contributed by atoms with Crippen LogP contribution in [0.3, 0.4) is 0 Å². The number of nitrogens with one attached hydrogen (secondary N) is 2. The second-order valence-corrected chi connectivity index (χ2v) is 4.01. The first kappa shape index (κ1) is 12.4. The molecule has 1 aliphatic heterocycles. The molecule has 0 unspecified atom stereocenters. The van der Waals surface area contributed by atoms with Gasteiger partial charge in [-0.3, -0.25) is 9.59 Å². The zero-order valence-electron chi connectivity index (χ0n) is 9.49. The summed E-state index contributed by atoms with van der Waals surface area (Å²) >= 11 is 5.84. The smallest absolute Gasteiger partial charge is 0.272 e. The second kappa shape index (κ2) is 5.05. The van der Waals surface area contributed by atoms with Crippen LogP contribution in [0.2, 0.25) is 5.02 Å². The summed E-state index contributed by atoms with van der Waals surface area (Å²) in [6, 6.07) is 4.84. The normalized spacial score (nSPS) is 13.9. The van der Waals surface area contributed by atoms with Gasteiger partial charge in [-0.2, -0.15) is 5.10 Å². The number of carbonyl (C=O) groups is 2. The van der Waals surface area contributed by atoms with E-state index in [1.54, 1.807) is 18.2 Å². The Morgan fingerprint density at radius 3 is 2.94 bits per heavy atom. The second-order valence-electron chi connectivity index (χ2n) is 3.57. The number of benzene rings is 1. The van der Waals surface area contributed by atoms with Gasteiger partial charge in [0.1, 0.15) is 11.5 Å². The van der Waals surface area contributed by atoms with Gasteiger partial charge in [0.25, 0.3) is 5.91 Å². The summed E-state index contributed by atoms with van der Waals surface area (Å²) in [6.07, 6.45) is -0.0330. The fraction of sp³-hybridized carbons (Fsp3) is 0.182. The molecule has 1 aliphatic rings. The van der Waals surface area contributed by atoms with Gasteiger partial charge in [-0.05, 0) is 18.2 Å². The first-order chi connectivity index (χ1) is 8.60. The maximum Gasteiger partial charge on any atom is 0.272 e. The molecule has 2 rings (SSSR count). The van der Waals surface area contributed by atoms with Crippen molar-refractivity contribution >= 4 is 34.8 Å². The Balaban J connectivity index is 2.16. The van der Waals surface area contributed by atoms with Crippen LogP contribution in [0, 0.1) is 0 Å². The van der Waals surface area contributed by atoms with Gasteiger partial charge >= 0.3 is 0 Å². The van der Waals surface area contributed by atoms with Gasteiger partial charge in [0.2, 0.25) is 5.91 Å². The maximum absolute atomic E-state index is 11.8. The number of amides is 2. The van der Waals surface area contributed by atoms with Crippen molar-refractivity contribution in [3.63, 3.8) is 0 Å². The Kier molecular flexibility index (Phi) is 3.47. The Hall–Kier alpha value is -2.08. The quantitative estimate of drug-likeness (QED) is 0.862. The van der Waals surface area contributed by atoms with Crippen LogP contribution in [0.1, 0.15) is 6.42 Å². The lowest BCUT2D eigenvalue weighted by Crippen LogP contribution is -2.22. The summed E-state index contributed by atoms with van der Waals surface area (Å²) in [5, 5.41) is 6.68. The van der Waals surface area contributed by atoms with E-state index in [0.29, 0.717) is 16.5 Å². The standard InChI is InChI=1S/C11H10ClN3O3/c1-18-9-3-2-6(12)4-7(9)13-11(17)8-5-10(16)15-14-8/h2-4H,5H2,1H3,(H,13,17)(H,15,16). The van der Waals surface area contributed by atoms with Crippen molar-refractivity contribution in [2.75, 3.05) is 12.4 Å². The Bertz CT molecular complexity index is 542. The molecule has 0 aromatic heterocycles. The first-order valence-electron chi connectivity index (χ1n) is 5.10. The van der Waals surface area contributed by atoms with Crippen molar-refractivity contribution in [2.24, 2.45) is 5.10 Å². The predicted octanol–water partition coefficient (Wildman–Crippen LogP) is 1.16. The van der Waals surface area contributed by atoms with E-state index in [-0.39, 0.29) is 18.0 Å². The molecule has 7 heteroatoms. The van der Waals surface area contributed by atoms with Crippen LogP contribution in [0.25, 0.3) is 0 Å². The Morgan fingerprint density at radius 1 is 1.56 bits per heavy atom. The molecule has 2 amide bonds. The Labute approximate surface area is 108 Å². The van der Waals surface area contributed by atoms with E-state index in [9.17, 15) is 9.59 Å². The molecule has 2 N–H and O–H groups in total. The van der Waals surface area contributed by atoms with E-state index >= 15 is 0 Å². The molecule has 0 spiro atoms. The molecular weight excluding hydrogens is 258 g/mol. The van der Waals surface area contributed by atoms with Gasteiger partial charge < -0.3 is 10.1 Å². The highest BCUT2D eigenvalue weighted by Crippen LogP contribution is 2.27. The summed E-state index contributed by atoms with van der Waals surface area (Å²) in [7, 11) is 1.48. The Morgan fingerprint density at radius 2 is 2.33 bits per heavy atom. The molecule has 1 heterocycles. The van der Waals surface area contributed by atoms with Crippen molar-refractivity contribution in [1.29, 1.82) is 0 Å². The lowest BCUT2D eigenvalue weighted by atomic mass is 10.2. The van der Waals surface area contributed by atoms with Gasteiger partial charge in [0, 0.05) is 5.02 Å². The molecule has 1 aromatic rings. The number of hydrogen-bond acceptors (Lipinski definition) is 4. The van der Waals surface area contributed by atoms with E-state index in [2.05, 4.69) is 15.8 Å². The van der Waals surface area contributed by atoms with Gasteiger partial charge in [0.05, 0.1) is 19.2 Å². The molecule has 6 nitrogen and oxygen atoms in total. The van der Waals surface area contributed by atoms with Crippen LogP contribution in [0.4, 0.5) is 5.69 Å². The minimum Gasteiger partial charge on any atom is -0.495 e. The molecule has 0 aliphatic carbocycles. The summed E-state index contributed by atoms with van der Waals surface area (Å²) < 4.78 is 5.09. The largest absolute Gasteiger partial charge is 0.495 e. The first-order valence-corrected chi connectivity index (χ1v) is 5.48. The fourth-order valence-electron chi connectivity index (χ4n) is 1.46. The molecular formula is C11H10ClN3O3. The molecule has 0 bridgehead atoms. The van der Waals surface area contributed by atoms with Crippen molar-refractivity contribution in [3.05, 3.63) is 23.2 Å². The van der Waals surface area contributed by atoms with E-state index in [1.165, 1.54) is 7.11 Å². The molecule has 0 saturated heterocycles. The number of hydrogen-bond donors (Lipinski definition) is 2. The number of halogens is 1. The van der Waals surface area contributed by atoms with Gasteiger partial charge in [-0.1, -0.05) is 11.6 Å². The summed E-state index contributed by atoms with van der Waals surface area (Å²) in [5.41, 5.74) is 2.76. The van der Waals surface area contributed by atoms with E-state index in [4.69, 9.17) is 16.3 Å². The third kappa shape index (κ3) is 2.60. The van der Waals surface area contributed by atoms with Crippen LogP contribution in [0.5, 0.6) is 5.75 Å². The zero-order valence-corrected chi connectivity index (χ0v) is 10.2. The number of hydrazone groups is 1. The zero-order chi connectivity index (χ0) is 13.1. The summed E-state index contributed by atoms with van der Waals surface area (Å²) in [4.78, 5) is 22.7. The van der Waals surface area contributed by atoms with Crippen LogP contribution in [-0.2, 0) is 9.59 Å². The molecule has 0 atom stereocenters. The minimum absolute atomic E-state index is 0.0330. The number of anilines is 1. The lowest BCUT2D eigenvalue weighted by molar-refractivity contribution is -0.119. The van der Waals surface area contributed by atoms with Crippen LogP contribution in [0.15, 0.2) is 23.3 Å². The average molecular weight is 268 g/mol. The van der Waals surface area contributed by atoms with E-state index in [0.717, 1.165) is 0 Å². The van der Waals surface area contributed by atoms with Crippen LogP contribution < -0.4 is 15.5 Å². The number of rotatable bonds is 3. The van der Waals surface area contributed by atoms with Crippen LogP contribution >= 0.6 is 11.6 Å². The highest BCUT2D eigenvalue weighted by Gasteiger charge is 2.22. The lowest BCUT2D eigenvalue weighted by Gasteiger charge is -2.09. The van der Waals surface area contributed by atoms with Gasteiger partial charge in [0.15, 0.2) is 0 Å². The predicted molar refractivity (Wildman–Crippen MR) is 66.8 cm³/mol. The van der Waals surface area contributed by atoms with Gasteiger partial charge in [-0.25, -0.2) is 5.43 Å². The van der Waals surface area contributed by atoms with Crippen molar-refractivity contribution in [3.8, 4) is 5.75 Å². The van der Waals surface area contributed by atoms with E-state index in [1.807, 2.05) is 0 Å². The molecule has 94 valence electrons. The topological polar surface area (TPSA) is 79.8 Å². The van der Waals surface area contributed by atoms with Crippen molar-refractivity contribution in [2.45, 2.75) is 6.42 Å². The van der Waals surface area contributed by atoms with Gasteiger partial charge in [-0.15, -0.1) is 0 Å². The SMILES string of the molecule is COc1ccc(Cl)cc1NC(=O)C1=NNC(=O)C1. The average Bonchev–Trinajstić information content (AvgIpc) is 2.76. The van der Waals surface area contributed by atoms with Crippen molar-refractivity contribution in [1.82, 2.24) is 5.43 Å². The highest BCUT2D eigenvalue weighted by atomic mass is 35.5. The molecule has 0 radical (unpaired) electrons. The van der Waals surface area contributed by atoms with Crippen LogP contribution in [-0.4, -0.2) is 24.6 Å². The number of nitrogens with zero attached hydrogens (tertiary/aromatic N) is 1. The summed E-state index contributed by atoms with van der Waals surface area (Å²) in [6.45, 7) is 0. The fourth-order valence-corrected chi connectivity index (χ4v) is 1.64. The maximum atomic E-state index is 11.8. The number of carbonyl (C=O) groups excluding carboxylic acids is 2. The molecule has 18 heavy (non-hydrogen) atoms. The highest BCUT2D eigenvalue weighted by molar-refractivity contribution is 6.46. The summed E-state index contributed by atoms with van der Waals surface area (Å²) in [5.74, 6) is -0.294. The number of ether oxygens (including phenoxy) is 1. The number of methoxy groups -OCH3 is 1. The minimum atomic E-state index is -0.464. The molecule has 1 aromatic carbocycles. The monoisotopic (exact) mass is 267 g/mol.